The number of anilines is 2. The third-order valence-electron chi connectivity index (χ3n) is 18.2. The van der Waals surface area contributed by atoms with Crippen molar-refractivity contribution >= 4 is 28.4 Å². The summed E-state index contributed by atoms with van der Waals surface area (Å²) < 4.78 is 14.6. The molecule has 0 fully saturated rings. The van der Waals surface area contributed by atoms with Gasteiger partial charge in [-0.1, -0.05) is 176 Å². The first-order chi connectivity index (χ1) is 37.7. The molecule has 6 nitrogen and oxygen atoms in total. The van der Waals surface area contributed by atoms with Crippen LogP contribution in [-0.2, 0) is 0 Å². The smallest absolute Gasteiger partial charge is 0.137 e. The lowest BCUT2D eigenvalue weighted by atomic mass is 9.75. The van der Waals surface area contributed by atoms with Crippen LogP contribution in [0.5, 0.6) is 5.75 Å². The molecule has 1 aromatic heterocycles. The van der Waals surface area contributed by atoms with E-state index < -0.39 is 0 Å². The third kappa shape index (κ3) is 6.89. The number of allylic oxidation sites excluding steroid dienone is 12. The third-order valence-corrected chi connectivity index (χ3v) is 18.2. The van der Waals surface area contributed by atoms with Gasteiger partial charge in [0.2, 0.25) is 0 Å². The number of furan rings is 1. The summed E-state index contributed by atoms with van der Waals surface area (Å²) in [5.74, 6) is 2.73. The summed E-state index contributed by atoms with van der Waals surface area (Å²) in [6.07, 6.45) is 42.5. The predicted octanol–water partition coefficient (Wildman–Crippen LogP) is 15.9. The molecule has 6 heteroatoms. The zero-order valence-corrected chi connectivity index (χ0v) is 42.6. The lowest BCUT2D eigenvalue weighted by molar-refractivity contribution is 0.242. The first-order valence-corrected chi connectivity index (χ1v) is 28.0. The van der Waals surface area contributed by atoms with Crippen molar-refractivity contribution in [1.29, 1.82) is 0 Å². The minimum Gasteiger partial charge on any atom is -0.485 e. The fourth-order valence-electron chi connectivity index (χ4n) is 14.9. The van der Waals surface area contributed by atoms with E-state index in [0.29, 0.717) is 18.0 Å². The molecule has 372 valence electrons. The summed E-state index contributed by atoms with van der Waals surface area (Å²) >= 11 is 0. The number of ether oxygens (including phenoxy) is 1. The number of rotatable bonds is 7. The van der Waals surface area contributed by atoms with E-state index in [-0.39, 0.29) is 36.1 Å². The molecule has 9 atom stereocenters. The van der Waals surface area contributed by atoms with E-state index in [1.54, 1.807) is 0 Å². The van der Waals surface area contributed by atoms with Crippen molar-refractivity contribution in [1.82, 2.24) is 15.5 Å². The van der Waals surface area contributed by atoms with Crippen LogP contribution in [0.1, 0.15) is 120 Å². The average molecular weight is 989 g/mol. The molecule has 0 saturated carbocycles. The maximum atomic E-state index is 7.32. The van der Waals surface area contributed by atoms with Crippen molar-refractivity contribution in [2.45, 2.75) is 99.0 Å². The van der Waals surface area contributed by atoms with E-state index >= 15 is 0 Å². The Kier molecular flexibility index (Phi) is 10.4. The number of benzene rings is 5. The monoisotopic (exact) mass is 988 g/mol. The van der Waals surface area contributed by atoms with Gasteiger partial charge in [0, 0.05) is 63.3 Å². The molecular formula is C70H60N4O2. The fourth-order valence-corrected chi connectivity index (χ4v) is 14.9. The van der Waals surface area contributed by atoms with Crippen LogP contribution in [0.4, 0.5) is 11.4 Å². The fraction of sp³-hybridized carbons (Fsp3) is 0.229. The quantitative estimate of drug-likeness (QED) is 0.156. The summed E-state index contributed by atoms with van der Waals surface area (Å²) in [5.41, 5.74) is 20.5. The zero-order valence-electron chi connectivity index (χ0n) is 42.6. The van der Waals surface area contributed by atoms with Crippen LogP contribution in [-0.4, -0.2) is 23.1 Å². The Morgan fingerprint density at radius 1 is 0.645 bits per heavy atom. The molecule has 0 bridgehead atoms. The molecule has 76 heavy (non-hydrogen) atoms. The molecule has 0 spiro atoms. The number of nitrogens with one attached hydrogen (secondary N) is 2. The van der Waals surface area contributed by atoms with Gasteiger partial charge in [0.25, 0.3) is 0 Å². The van der Waals surface area contributed by atoms with Crippen LogP contribution in [0.25, 0.3) is 17.0 Å². The van der Waals surface area contributed by atoms with E-state index in [1.165, 1.54) is 89.5 Å². The van der Waals surface area contributed by atoms with Gasteiger partial charge in [0.05, 0.1) is 29.1 Å². The Morgan fingerprint density at radius 2 is 1.47 bits per heavy atom. The van der Waals surface area contributed by atoms with Crippen LogP contribution in [0.15, 0.2) is 250 Å². The Balaban J connectivity index is 0.835. The summed E-state index contributed by atoms with van der Waals surface area (Å²) in [7, 11) is 0. The minimum atomic E-state index is -0.110. The normalized spacial score (nSPS) is 28.2. The molecule has 10 aliphatic rings. The van der Waals surface area contributed by atoms with Crippen molar-refractivity contribution in [2.75, 3.05) is 4.90 Å². The predicted molar refractivity (Wildman–Crippen MR) is 306 cm³/mol. The minimum absolute atomic E-state index is 0.00799. The van der Waals surface area contributed by atoms with Gasteiger partial charge in [-0.25, -0.2) is 0 Å². The molecule has 0 saturated heterocycles. The molecule has 9 unspecified atom stereocenters. The van der Waals surface area contributed by atoms with E-state index in [2.05, 4.69) is 233 Å². The lowest BCUT2D eigenvalue weighted by Gasteiger charge is -2.37. The Morgan fingerprint density at radius 3 is 2.33 bits per heavy atom. The zero-order chi connectivity index (χ0) is 49.8. The van der Waals surface area contributed by atoms with Crippen molar-refractivity contribution in [2.24, 2.45) is 0 Å². The van der Waals surface area contributed by atoms with Gasteiger partial charge in [-0.05, 0) is 120 Å². The Labute approximate surface area is 445 Å². The second kappa shape index (κ2) is 17.8. The second-order valence-electron chi connectivity index (χ2n) is 22.3. The van der Waals surface area contributed by atoms with Crippen molar-refractivity contribution < 1.29 is 9.15 Å². The summed E-state index contributed by atoms with van der Waals surface area (Å²) in [4.78, 5) is 5.32. The van der Waals surface area contributed by atoms with E-state index in [9.17, 15) is 0 Å². The number of nitrogens with zero attached hydrogens (tertiary/aromatic N) is 2. The average Bonchev–Trinajstić information content (AvgIpc) is 4.32. The molecule has 5 heterocycles. The van der Waals surface area contributed by atoms with Crippen molar-refractivity contribution in [3.05, 3.63) is 285 Å². The van der Waals surface area contributed by atoms with Gasteiger partial charge in [-0.2, -0.15) is 0 Å². The van der Waals surface area contributed by atoms with Gasteiger partial charge < -0.3 is 24.3 Å². The SMILES string of the molecule is C1=CCC2C(=C1)C1=C(C3c4cccc(C5C=CC(C6CC=Cc7c6oc6ccc8c(c76)N(c6ccccc6)C6CC=CCC86)=C(C6=CC(c7ccccc7)NC(c7ccccc7)N6)C5)c4OC3C=C1)N2C1=CCCC=C1. The molecular weight excluding hydrogens is 929 g/mol. The van der Waals surface area contributed by atoms with Gasteiger partial charge >= 0.3 is 0 Å². The van der Waals surface area contributed by atoms with Crippen LogP contribution >= 0.6 is 0 Å². The summed E-state index contributed by atoms with van der Waals surface area (Å²) in [5, 5.41) is 9.36. The number of hydrogen-bond donors (Lipinski definition) is 2. The molecule has 6 aliphatic carbocycles. The van der Waals surface area contributed by atoms with E-state index in [4.69, 9.17) is 9.15 Å². The molecule has 0 radical (unpaired) electrons. The van der Waals surface area contributed by atoms with E-state index in [1.807, 2.05) is 0 Å². The number of fused-ring (bicyclic) bond motifs is 13. The second-order valence-corrected chi connectivity index (χ2v) is 22.3. The van der Waals surface area contributed by atoms with E-state index in [0.717, 1.165) is 62.0 Å². The summed E-state index contributed by atoms with van der Waals surface area (Å²) in [6, 6.07) is 45.1. The molecule has 6 aromatic rings. The van der Waals surface area contributed by atoms with Crippen LogP contribution in [0.2, 0.25) is 0 Å². The van der Waals surface area contributed by atoms with Gasteiger partial charge in [0.15, 0.2) is 0 Å². The highest BCUT2D eigenvalue weighted by Crippen LogP contribution is 2.59. The maximum absolute atomic E-state index is 7.32. The molecule has 2 N–H and O–H groups in total. The lowest BCUT2D eigenvalue weighted by Crippen LogP contribution is -2.41. The van der Waals surface area contributed by atoms with Crippen molar-refractivity contribution in [3.8, 4) is 5.75 Å². The van der Waals surface area contributed by atoms with Crippen molar-refractivity contribution in [3.63, 3.8) is 0 Å². The topological polar surface area (TPSA) is 52.9 Å². The summed E-state index contributed by atoms with van der Waals surface area (Å²) in [6.45, 7) is 0. The first kappa shape index (κ1) is 44.3. The largest absolute Gasteiger partial charge is 0.485 e. The first-order valence-electron chi connectivity index (χ1n) is 28.0. The molecule has 5 aromatic carbocycles. The van der Waals surface area contributed by atoms with Gasteiger partial charge in [0.1, 0.15) is 29.4 Å². The van der Waals surface area contributed by atoms with Gasteiger partial charge in [-0.15, -0.1) is 0 Å². The van der Waals surface area contributed by atoms with Gasteiger partial charge in [-0.3, -0.25) is 5.32 Å². The maximum Gasteiger partial charge on any atom is 0.137 e. The standard InChI is InChI=1S/C70H60N4O2/c1-5-19-43(20-6-1)58-42-59(72-70(71-58)44-21-7-2-8-22-44)57-41-45(48-29-17-31-55-64-62(75-68(48)55)39-37-52-50-27-13-15-33-60(50)73(66(52)64)46-23-9-3-10-24-46)35-36-49(57)54-30-18-32-56-65-63(76-69(54)56)40-38-53-51-28-14-16-34-61(51)74(67(53)65)47-25-11-4-12-26-47/h1-2,4-9,11-27,29,31-32,35-40,42,45,51,54,58,60-62,64,70-72H,3,10,28,30,33-34,41H2. The Bertz CT molecular complexity index is 3730. The van der Waals surface area contributed by atoms with Crippen LogP contribution in [0.3, 0.4) is 0 Å². The molecule has 0 amide bonds. The highest BCUT2D eigenvalue weighted by Gasteiger charge is 2.49. The molecule has 4 aliphatic heterocycles. The Hall–Kier alpha value is -8.06. The number of hydrogen-bond acceptors (Lipinski definition) is 6. The van der Waals surface area contributed by atoms with Crippen LogP contribution < -0.4 is 20.3 Å². The number of para-hydroxylation sites is 2. The highest BCUT2D eigenvalue weighted by molar-refractivity contribution is 6.04. The molecule has 16 rings (SSSR count). The highest BCUT2D eigenvalue weighted by atomic mass is 16.5. The van der Waals surface area contributed by atoms with Crippen LogP contribution in [0, 0.1) is 0 Å².